The van der Waals surface area contributed by atoms with Gasteiger partial charge in [-0.1, -0.05) is 36.4 Å². The molecule has 10 heteroatoms. The molecule has 5 aromatic rings. The average molecular weight is 642 g/mol. The van der Waals surface area contributed by atoms with Crippen molar-refractivity contribution in [3.63, 3.8) is 0 Å². The fourth-order valence-corrected chi connectivity index (χ4v) is 6.27. The first-order chi connectivity index (χ1) is 22.4. The number of fused-ring (bicyclic) bond motifs is 2. The molecule has 0 aliphatic carbocycles. The fraction of sp³-hybridized carbons (Fsp3) is 0.108. The van der Waals surface area contributed by atoms with E-state index < -0.39 is 28.1 Å². The minimum absolute atomic E-state index is 0.0977. The van der Waals surface area contributed by atoms with E-state index in [-0.39, 0.29) is 22.9 Å². The van der Waals surface area contributed by atoms with Gasteiger partial charge in [-0.15, -0.1) is 0 Å². The van der Waals surface area contributed by atoms with Gasteiger partial charge in [-0.25, -0.2) is 0 Å². The molecule has 0 bridgehead atoms. The van der Waals surface area contributed by atoms with Crippen molar-refractivity contribution in [3.05, 3.63) is 149 Å². The predicted octanol–water partition coefficient (Wildman–Crippen LogP) is 11.2. The highest BCUT2D eigenvalue weighted by Gasteiger charge is 2.42. The summed E-state index contributed by atoms with van der Waals surface area (Å²) in [5.41, 5.74) is 2.39. The van der Waals surface area contributed by atoms with Crippen LogP contribution in [0.15, 0.2) is 132 Å². The predicted molar refractivity (Wildman–Crippen MR) is 173 cm³/mol. The first-order valence-corrected chi connectivity index (χ1v) is 14.7. The summed E-state index contributed by atoms with van der Waals surface area (Å²) in [6.07, 6.45) is -7.87. The highest BCUT2D eigenvalue weighted by molar-refractivity contribution is 6.17. The average Bonchev–Trinajstić information content (AvgIpc) is 3.33. The van der Waals surface area contributed by atoms with Crippen molar-refractivity contribution < 1.29 is 26.3 Å². The number of quaternary nitrogens is 1. The summed E-state index contributed by atoms with van der Waals surface area (Å²) in [4.78, 5) is 6.53. The maximum Gasteiger partial charge on any atom is 0.416 e. The van der Waals surface area contributed by atoms with Crippen molar-refractivity contribution in [2.75, 3.05) is 11.4 Å². The van der Waals surface area contributed by atoms with Crippen LogP contribution in [0.25, 0.3) is 16.7 Å². The first kappa shape index (κ1) is 30.5. The maximum atomic E-state index is 15.0. The van der Waals surface area contributed by atoms with Crippen LogP contribution >= 0.6 is 0 Å². The van der Waals surface area contributed by atoms with Crippen molar-refractivity contribution in [2.24, 2.45) is 4.99 Å². The largest absolute Gasteiger partial charge is 0.617 e. The van der Waals surface area contributed by atoms with Crippen molar-refractivity contribution >= 4 is 40.2 Å². The van der Waals surface area contributed by atoms with Gasteiger partial charge in [0.2, 0.25) is 0 Å². The third-order valence-electron chi connectivity index (χ3n) is 8.44. The van der Waals surface area contributed by atoms with E-state index in [4.69, 9.17) is 0 Å². The zero-order valence-corrected chi connectivity index (χ0v) is 24.6. The molecule has 0 aromatic heterocycles. The van der Waals surface area contributed by atoms with Gasteiger partial charge in [0.05, 0.1) is 22.3 Å². The van der Waals surface area contributed by atoms with Crippen LogP contribution in [0.3, 0.4) is 0 Å². The number of aliphatic imine (C=N–C) groups is 1. The molecule has 5 aromatic carbocycles. The Morgan fingerprint density at radius 3 is 1.74 bits per heavy atom. The summed E-state index contributed by atoms with van der Waals surface area (Å²) in [6, 6.07) is 32.4. The molecule has 0 fully saturated rings. The second-order valence-electron chi connectivity index (χ2n) is 11.3. The molecule has 47 heavy (non-hydrogen) atoms. The lowest BCUT2D eigenvalue weighted by molar-refractivity contribution is -0.143. The van der Waals surface area contributed by atoms with Gasteiger partial charge in [-0.2, -0.15) is 26.3 Å². The zero-order valence-electron chi connectivity index (χ0n) is 24.6. The molecular weight excluding hydrogens is 616 g/mol. The van der Waals surface area contributed by atoms with Gasteiger partial charge < -0.3 is 10.1 Å². The number of dihydropyridines is 1. The van der Waals surface area contributed by atoms with E-state index in [1.54, 1.807) is 12.3 Å². The number of alkyl halides is 6. The van der Waals surface area contributed by atoms with Crippen molar-refractivity contribution in [1.82, 2.24) is 4.65 Å². The molecule has 0 saturated heterocycles. The van der Waals surface area contributed by atoms with Crippen LogP contribution in [-0.4, -0.2) is 12.8 Å². The lowest BCUT2D eigenvalue weighted by atomic mass is 9.98. The Morgan fingerprint density at radius 1 is 0.617 bits per heavy atom. The quantitative estimate of drug-likeness (QED) is 0.109. The molecule has 7 rings (SSSR count). The highest BCUT2D eigenvalue weighted by Crippen LogP contribution is 2.53. The molecule has 2 aliphatic rings. The van der Waals surface area contributed by atoms with Gasteiger partial charge in [0.1, 0.15) is 11.4 Å². The van der Waals surface area contributed by atoms with E-state index in [9.17, 15) is 26.3 Å². The molecule has 1 unspecified atom stereocenters. The van der Waals surface area contributed by atoms with Crippen molar-refractivity contribution in [3.8, 4) is 11.1 Å². The number of rotatable bonds is 5. The third-order valence-corrected chi connectivity index (χ3v) is 8.44. The summed E-state index contributed by atoms with van der Waals surface area (Å²) in [6.45, 7) is 0.407. The SMILES string of the molecule is [O-][N+]1(c2ccc(-c3cc(C(F)(F)F)cc(C(F)(F)F)c3)cc2)C2=C(C=NCC2)c2cc(N(c3ccccc3)c3ccccc3)ccc21. The van der Waals surface area contributed by atoms with Crippen LogP contribution in [0.2, 0.25) is 0 Å². The van der Waals surface area contributed by atoms with Crippen LogP contribution in [0, 0.1) is 5.21 Å². The molecule has 2 heterocycles. The number of para-hydroxylation sites is 2. The van der Waals surface area contributed by atoms with E-state index in [1.807, 2.05) is 72.8 Å². The number of hydroxylamine groups is 1. The minimum atomic E-state index is -4.97. The molecule has 0 spiro atoms. The molecule has 236 valence electrons. The van der Waals surface area contributed by atoms with Crippen LogP contribution in [0.5, 0.6) is 0 Å². The Kier molecular flexibility index (Phi) is 7.29. The van der Waals surface area contributed by atoms with E-state index in [1.165, 1.54) is 24.3 Å². The maximum absolute atomic E-state index is 15.0. The number of benzene rings is 5. The van der Waals surface area contributed by atoms with Gasteiger partial charge in [0.15, 0.2) is 5.69 Å². The van der Waals surface area contributed by atoms with Gasteiger partial charge in [0.25, 0.3) is 0 Å². The van der Waals surface area contributed by atoms with Gasteiger partial charge in [-0.05, 0) is 77.9 Å². The number of hydrogen-bond donors (Lipinski definition) is 0. The Labute approximate surface area is 266 Å². The van der Waals surface area contributed by atoms with Crippen LogP contribution in [0.4, 0.5) is 54.8 Å². The van der Waals surface area contributed by atoms with E-state index in [0.29, 0.717) is 47.6 Å². The Bertz CT molecular complexity index is 1950. The standard InChI is InChI=1S/C37H25F6N3O/c38-36(39,40)26-19-25(20-27(21-26)37(41,42)43)24-11-14-31(15-12-24)46(47)34-16-13-30(22-32(34)33-23-44-18-17-35(33)46)45(28-7-3-1-4-8-28)29-9-5-2-6-10-29/h1-16,19-23H,17-18H2. The lowest BCUT2D eigenvalue weighted by Gasteiger charge is -2.40. The van der Waals surface area contributed by atoms with Crippen molar-refractivity contribution in [2.45, 2.75) is 18.8 Å². The number of anilines is 3. The van der Waals surface area contributed by atoms with Crippen molar-refractivity contribution in [1.29, 1.82) is 0 Å². The third kappa shape index (κ3) is 5.39. The summed E-state index contributed by atoms with van der Waals surface area (Å²) < 4.78 is 80.1. The Morgan fingerprint density at radius 2 is 1.19 bits per heavy atom. The van der Waals surface area contributed by atoms with Crippen LogP contribution in [-0.2, 0) is 12.4 Å². The first-order valence-electron chi connectivity index (χ1n) is 14.7. The van der Waals surface area contributed by atoms with Crippen LogP contribution in [0.1, 0.15) is 23.1 Å². The van der Waals surface area contributed by atoms with E-state index >= 15 is 5.21 Å². The normalized spacial score (nSPS) is 17.4. The molecule has 0 radical (unpaired) electrons. The molecule has 0 N–H and O–H groups in total. The molecule has 1 atom stereocenters. The lowest BCUT2D eigenvalue weighted by Crippen LogP contribution is -2.35. The van der Waals surface area contributed by atoms with Gasteiger partial charge >= 0.3 is 12.4 Å². The molecule has 0 saturated carbocycles. The highest BCUT2D eigenvalue weighted by atomic mass is 19.4. The Balaban J connectivity index is 1.32. The molecule has 2 aliphatic heterocycles. The number of hydrogen-bond acceptors (Lipinski definition) is 3. The van der Waals surface area contributed by atoms with E-state index in [0.717, 1.165) is 17.1 Å². The number of allylic oxidation sites excluding steroid dienone is 1. The molecule has 4 nitrogen and oxygen atoms in total. The smallest absolute Gasteiger partial charge is 0.416 e. The van der Waals surface area contributed by atoms with Crippen LogP contribution < -0.4 is 9.55 Å². The summed E-state index contributed by atoms with van der Waals surface area (Å²) >= 11 is 0. The zero-order chi connectivity index (χ0) is 33.0. The molecular formula is C37H25F6N3O. The van der Waals surface area contributed by atoms with E-state index in [2.05, 4.69) is 9.89 Å². The number of nitrogens with zero attached hydrogens (tertiary/aromatic N) is 3. The number of halogens is 6. The minimum Gasteiger partial charge on any atom is -0.617 e. The summed E-state index contributed by atoms with van der Waals surface area (Å²) in [7, 11) is 0. The van der Waals surface area contributed by atoms with Gasteiger partial charge in [0, 0.05) is 54.4 Å². The topological polar surface area (TPSA) is 38.7 Å². The second kappa shape index (κ2) is 11.3. The summed E-state index contributed by atoms with van der Waals surface area (Å²) in [5.74, 6) is 0. The summed E-state index contributed by atoms with van der Waals surface area (Å²) in [5, 5.41) is 15.0. The Hall–Kier alpha value is -5.19. The van der Waals surface area contributed by atoms with Gasteiger partial charge in [-0.3, -0.25) is 9.64 Å². The fourth-order valence-electron chi connectivity index (χ4n) is 6.27. The second-order valence-corrected chi connectivity index (χ2v) is 11.3. The molecule has 0 amide bonds. The monoisotopic (exact) mass is 641 g/mol.